The van der Waals surface area contributed by atoms with Crippen LogP contribution >= 0.6 is 11.6 Å². The van der Waals surface area contributed by atoms with Gasteiger partial charge in [-0.05, 0) is 85.8 Å². The molecule has 3 saturated heterocycles. The topological polar surface area (TPSA) is 73.3 Å². The van der Waals surface area contributed by atoms with E-state index in [9.17, 15) is 14.7 Å². The zero-order valence-electron chi connectivity index (χ0n) is 27.5. The van der Waals surface area contributed by atoms with E-state index < -0.39 is 23.5 Å². The second-order valence-corrected chi connectivity index (χ2v) is 14.8. The summed E-state index contributed by atoms with van der Waals surface area (Å²) in [6, 6.07) is 13.8. The van der Waals surface area contributed by atoms with Crippen molar-refractivity contribution < 1.29 is 23.8 Å². The number of likely N-dealkylation sites (tertiary alicyclic amines) is 2. The Morgan fingerprint density at radius 1 is 1.00 bits per heavy atom. The maximum Gasteiger partial charge on any atom is 0.306 e. The van der Waals surface area contributed by atoms with Crippen molar-refractivity contribution in [1.29, 1.82) is 0 Å². The average Bonchev–Trinajstić information content (AvgIpc) is 3.67. The van der Waals surface area contributed by atoms with E-state index in [1.54, 1.807) is 12.0 Å². The highest BCUT2D eigenvalue weighted by molar-refractivity contribution is 6.30. The van der Waals surface area contributed by atoms with Gasteiger partial charge in [-0.3, -0.25) is 14.5 Å². The van der Waals surface area contributed by atoms with Gasteiger partial charge in [0.1, 0.15) is 5.75 Å². The fourth-order valence-electron chi connectivity index (χ4n) is 8.70. The van der Waals surface area contributed by atoms with Crippen molar-refractivity contribution in [3.8, 4) is 5.75 Å². The first-order valence-corrected chi connectivity index (χ1v) is 17.6. The molecule has 4 aliphatic rings. The van der Waals surface area contributed by atoms with Gasteiger partial charge in [0.2, 0.25) is 5.67 Å². The van der Waals surface area contributed by atoms with Gasteiger partial charge in [0.05, 0.1) is 13.0 Å². The summed E-state index contributed by atoms with van der Waals surface area (Å²) in [4.78, 5) is 32.5. The van der Waals surface area contributed by atoms with E-state index in [2.05, 4.69) is 29.7 Å². The van der Waals surface area contributed by atoms with Gasteiger partial charge in [-0.15, -0.1) is 0 Å². The molecule has 7 nitrogen and oxygen atoms in total. The molecule has 0 unspecified atom stereocenters. The summed E-state index contributed by atoms with van der Waals surface area (Å²) in [6.07, 6.45) is 6.42. The molecule has 46 heavy (non-hydrogen) atoms. The molecule has 4 fully saturated rings. The van der Waals surface area contributed by atoms with Crippen LogP contribution in [0.4, 0.5) is 10.1 Å². The molecule has 1 N–H and O–H groups in total. The number of carbonyl (C=O) groups is 2. The molecule has 2 aromatic carbocycles. The van der Waals surface area contributed by atoms with Gasteiger partial charge >= 0.3 is 5.97 Å². The number of carboxylic acids is 1. The van der Waals surface area contributed by atoms with E-state index in [4.69, 9.17) is 16.3 Å². The number of anilines is 1. The molecule has 9 heteroatoms. The zero-order valence-corrected chi connectivity index (χ0v) is 28.2. The number of ether oxygens (including phenoxy) is 1. The van der Waals surface area contributed by atoms with Crippen molar-refractivity contribution in [2.75, 3.05) is 51.3 Å². The smallest absolute Gasteiger partial charge is 0.306 e. The van der Waals surface area contributed by atoms with Crippen molar-refractivity contribution in [2.24, 2.45) is 17.8 Å². The van der Waals surface area contributed by atoms with E-state index in [1.807, 2.05) is 36.4 Å². The van der Waals surface area contributed by atoms with Gasteiger partial charge in [-0.25, -0.2) is 4.39 Å². The van der Waals surface area contributed by atoms with Crippen LogP contribution in [0.25, 0.3) is 0 Å². The lowest BCUT2D eigenvalue weighted by molar-refractivity contribution is -0.143. The van der Waals surface area contributed by atoms with Gasteiger partial charge in [-0.2, -0.15) is 0 Å². The number of piperidine rings is 1. The molecule has 0 aromatic heterocycles. The maximum atomic E-state index is 17.7. The number of benzene rings is 2. The number of rotatable bonds is 8. The first-order valence-electron chi connectivity index (χ1n) is 17.2. The van der Waals surface area contributed by atoms with Crippen molar-refractivity contribution in [3.63, 3.8) is 0 Å². The second kappa shape index (κ2) is 13.7. The summed E-state index contributed by atoms with van der Waals surface area (Å²) in [5.74, 6) is -0.372. The third-order valence-corrected chi connectivity index (χ3v) is 11.8. The van der Waals surface area contributed by atoms with E-state index in [0.717, 1.165) is 54.7 Å². The summed E-state index contributed by atoms with van der Waals surface area (Å²) >= 11 is 6.51. The van der Waals surface area contributed by atoms with E-state index >= 15 is 4.39 Å². The van der Waals surface area contributed by atoms with Crippen LogP contribution in [0.2, 0.25) is 5.02 Å². The predicted octanol–water partition coefficient (Wildman–Crippen LogP) is 6.99. The Hall–Kier alpha value is -2.84. The molecule has 4 atom stereocenters. The number of carbonyl (C=O) groups excluding carboxylic acids is 1. The molecule has 0 bridgehead atoms. The Bertz CT molecular complexity index is 1390. The molecular formula is C37H49ClFN3O4. The van der Waals surface area contributed by atoms with E-state index in [1.165, 1.54) is 0 Å². The first-order chi connectivity index (χ1) is 22.1. The van der Waals surface area contributed by atoms with Crippen molar-refractivity contribution in [2.45, 2.75) is 82.3 Å². The molecular weight excluding hydrogens is 605 g/mol. The van der Waals surface area contributed by atoms with Gasteiger partial charge in [0.25, 0.3) is 5.91 Å². The minimum atomic E-state index is -2.02. The Morgan fingerprint density at radius 2 is 1.70 bits per heavy atom. The monoisotopic (exact) mass is 653 g/mol. The standard InChI is InChI=1S/C37H49ClFN3O4/c1-4-25-20-41(21-32(25)31-14-9-28(38)19-34(31)40-17-15-27(16-18-40)35(43)44)36(45)37(39)23-42(29-10-5-24(2)6-11-29)22-33(37)26-7-12-30(46-3)13-8-26/h7-9,12-14,19,24-25,27,29,32-33H,4-6,10-11,15-18,20-23H2,1-3H3,(H,43,44)/t24?,25-,29?,32-,33-,37-/m0/s1. The Balaban J connectivity index is 1.26. The summed E-state index contributed by atoms with van der Waals surface area (Å²) < 4.78 is 23.1. The van der Waals surface area contributed by atoms with Crippen molar-refractivity contribution in [3.05, 3.63) is 58.6 Å². The number of aliphatic carboxylic acids is 1. The summed E-state index contributed by atoms with van der Waals surface area (Å²) in [6.45, 7) is 7.37. The molecule has 1 aliphatic carbocycles. The minimum absolute atomic E-state index is 0.0405. The fourth-order valence-corrected chi connectivity index (χ4v) is 8.86. The lowest BCUT2D eigenvalue weighted by Gasteiger charge is -2.35. The van der Waals surface area contributed by atoms with E-state index in [0.29, 0.717) is 62.5 Å². The van der Waals surface area contributed by atoms with Gasteiger partial charge < -0.3 is 19.6 Å². The molecule has 3 heterocycles. The molecule has 1 amide bonds. The molecule has 0 radical (unpaired) electrons. The Morgan fingerprint density at radius 3 is 2.33 bits per heavy atom. The first kappa shape index (κ1) is 33.1. The maximum absolute atomic E-state index is 17.7. The molecule has 250 valence electrons. The number of hydrogen-bond acceptors (Lipinski definition) is 5. The van der Waals surface area contributed by atoms with Crippen LogP contribution in [0, 0.1) is 17.8 Å². The summed E-state index contributed by atoms with van der Waals surface area (Å²) in [7, 11) is 1.62. The van der Waals surface area contributed by atoms with Crippen LogP contribution in [-0.2, 0) is 9.59 Å². The third-order valence-electron chi connectivity index (χ3n) is 11.6. The lowest BCUT2D eigenvalue weighted by Crippen LogP contribution is -2.50. The Labute approximate surface area is 278 Å². The summed E-state index contributed by atoms with van der Waals surface area (Å²) in [5.41, 5.74) is 0.950. The average molecular weight is 654 g/mol. The SMILES string of the molecule is CC[C@H]1CN(C(=O)[C@]2(F)CN(C3CCC(C)CC3)C[C@H]2c2ccc(OC)cc2)C[C@@H]1c1ccc(Cl)cc1N1CCC(C(=O)O)CC1. The summed E-state index contributed by atoms with van der Waals surface area (Å²) in [5, 5.41) is 10.2. The second-order valence-electron chi connectivity index (χ2n) is 14.3. The van der Waals surface area contributed by atoms with Crippen molar-refractivity contribution >= 4 is 29.2 Å². The van der Waals surface area contributed by atoms with Crippen LogP contribution < -0.4 is 9.64 Å². The highest BCUT2D eigenvalue weighted by atomic mass is 35.5. The number of amides is 1. The van der Waals surface area contributed by atoms with Crippen molar-refractivity contribution in [1.82, 2.24) is 9.80 Å². The number of alkyl halides is 1. The van der Waals surface area contributed by atoms with Crippen LogP contribution in [0.3, 0.4) is 0 Å². The van der Waals surface area contributed by atoms with Gasteiger partial charge in [0, 0.05) is 67.9 Å². The Kier molecular flexibility index (Phi) is 9.86. The third kappa shape index (κ3) is 6.49. The van der Waals surface area contributed by atoms with Crippen LogP contribution in [-0.4, -0.2) is 84.9 Å². The van der Waals surface area contributed by atoms with Gasteiger partial charge in [-0.1, -0.05) is 50.1 Å². The molecule has 2 aromatic rings. The lowest BCUT2D eigenvalue weighted by atomic mass is 9.85. The largest absolute Gasteiger partial charge is 0.497 e. The highest BCUT2D eigenvalue weighted by Gasteiger charge is 2.57. The molecule has 3 aliphatic heterocycles. The van der Waals surface area contributed by atoms with E-state index in [-0.39, 0.29) is 24.3 Å². The molecule has 6 rings (SSSR count). The predicted molar refractivity (Wildman–Crippen MR) is 180 cm³/mol. The van der Waals surface area contributed by atoms with Crippen LogP contribution in [0.15, 0.2) is 42.5 Å². The number of halogens is 2. The van der Waals surface area contributed by atoms with Gasteiger partial charge in [0.15, 0.2) is 0 Å². The quantitative estimate of drug-likeness (QED) is 0.331. The number of nitrogens with zero attached hydrogens (tertiary/aromatic N) is 3. The minimum Gasteiger partial charge on any atom is -0.497 e. The molecule has 1 saturated carbocycles. The normalized spacial score (nSPS) is 30.9. The number of methoxy groups -OCH3 is 1. The zero-order chi connectivity index (χ0) is 32.6. The fraction of sp³-hybridized carbons (Fsp3) is 0.622. The molecule has 0 spiro atoms. The number of carboxylic acid groups (broad SMARTS) is 1. The van der Waals surface area contributed by atoms with Crippen LogP contribution in [0.1, 0.15) is 81.8 Å². The van der Waals surface area contributed by atoms with Crippen LogP contribution in [0.5, 0.6) is 5.75 Å². The highest BCUT2D eigenvalue weighted by Crippen LogP contribution is 2.47. The number of hydrogen-bond donors (Lipinski definition) is 1.